The Labute approximate surface area is 103 Å². The molecule has 0 atom stereocenters. The van der Waals surface area contributed by atoms with E-state index in [-0.39, 0.29) is 0 Å². The summed E-state index contributed by atoms with van der Waals surface area (Å²) in [7, 11) is 0. The Morgan fingerprint density at radius 3 is 2.76 bits per heavy atom. The first-order valence-corrected chi connectivity index (χ1v) is 6.63. The highest BCUT2D eigenvalue weighted by Gasteiger charge is 2.06. The molecule has 0 fully saturated rings. The molecule has 0 amide bonds. The van der Waals surface area contributed by atoms with Crippen LogP contribution < -0.4 is 5.73 Å². The van der Waals surface area contributed by atoms with Gasteiger partial charge in [-0.25, -0.2) is 0 Å². The maximum atomic E-state index is 5.55. The molecule has 2 nitrogen and oxygen atoms in total. The van der Waals surface area contributed by atoms with Crippen LogP contribution in [0.3, 0.4) is 0 Å². The SMILES string of the molecule is CCCn1cc(CCCCN)c2ccccc21. The van der Waals surface area contributed by atoms with Crippen molar-refractivity contribution in [2.45, 2.75) is 39.2 Å². The van der Waals surface area contributed by atoms with Gasteiger partial charge in [0.1, 0.15) is 0 Å². The van der Waals surface area contributed by atoms with Gasteiger partial charge in [0.2, 0.25) is 0 Å². The van der Waals surface area contributed by atoms with Gasteiger partial charge >= 0.3 is 0 Å². The molecular weight excluding hydrogens is 208 g/mol. The monoisotopic (exact) mass is 230 g/mol. The van der Waals surface area contributed by atoms with Gasteiger partial charge in [-0.15, -0.1) is 0 Å². The zero-order valence-corrected chi connectivity index (χ0v) is 10.7. The fraction of sp³-hybridized carbons (Fsp3) is 0.467. The highest BCUT2D eigenvalue weighted by atomic mass is 15.0. The molecule has 2 aromatic rings. The molecule has 2 rings (SSSR count). The second-order valence-corrected chi connectivity index (χ2v) is 4.61. The number of nitrogens with two attached hydrogens (primary N) is 1. The minimum Gasteiger partial charge on any atom is -0.347 e. The molecule has 0 aliphatic heterocycles. The van der Waals surface area contributed by atoms with Crippen LogP contribution in [0.15, 0.2) is 30.5 Å². The van der Waals surface area contributed by atoms with Crippen molar-refractivity contribution in [1.29, 1.82) is 0 Å². The van der Waals surface area contributed by atoms with E-state index >= 15 is 0 Å². The summed E-state index contributed by atoms with van der Waals surface area (Å²) in [5, 5.41) is 1.41. The Kier molecular flexibility index (Phi) is 4.21. The molecule has 1 aromatic carbocycles. The number of rotatable bonds is 6. The van der Waals surface area contributed by atoms with Crippen molar-refractivity contribution in [1.82, 2.24) is 4.57 Å². The molecule has 0 unspecified atom stereocenters. The molecule has 2 heteroatoms. The van der Waals surface area contributed by atoms with E-state index in [1.54, 1.807) is 0 Å². The van der Waals surface area contributed by atoms with Crippen molar-refractivity contribution in [3.05, 3.63) is 36.0 Å². The lowest BCUT2D eigenvalue weighted by molar-refractivity contribution is 0.695. The van der Waals surface area contributed by atoms with Crippen LogP contribution in [0.4, 0.5) is 0 Å². The highest BCUT2D eigenvalue weighted by molar-refractivity contribution is 5.83. The Balaban J connectivity index is 2.28. The van der Waals surface area contributed by atoms with E-state index < -0.39 is 0 Å². The molecule has 0 spiro atoms. The van der Waals surface area contributed by atoms with Gasteiger partial charge < -0.3 is 10.3 Å². The zero-order valence-electron chi connectivity index (χ0n) is 10.7. The van der Waals surface area contributed by atoms with E-state index in [1.807, 2.05) is 0 Å². The van der Waals surface area contributed by atoms with Crippen LogP contribution in [0.2, 0.25) is 0 Å². The summed E-state index contributed by atoms with van der Waals surface area (Å²) in [5.74, 6) is 0. The van der Waals surface area contributed by atoms with Crippen molar-refractivity contribution in [3.8, 4) is 0 Å². The fourth-order valence-corrected chi connectivity index (χ4v) is 2.41. The number of para-hydroxylation sites is 1. The summed E-state index contributed by atoms with van der Waals surface area (Å²) in [6, 6.07) is 8.71. The molecule has 0 aliphatic rings. The summed E-state index contributed by atoms with van der Waals surface area (Å²) in [6.45, 7) is 4.13. The second-order valence-electron chi connectivity index (χ2n) is 4.61. The van der Waals surface area contributed by atoms with E-state index in [0.717, 1.165) is 25.9 Å². The molecule has 1 aromatic heterocycles. The molecule has 0 radical (unpaired) electrons. The van der Waals surface area contributed by atoms with Gasteiger partial charge in [0.15, 0.2) is 0 Å². The first-order chi connectivity index (χ1) is 8.36. The molecule has 17 heavy (non-hydrogen) atoms. The Hall–Kier alpha value is -1.28. The summed E-state index contributed by atoms with van der Waals surface area (Å²) >= 11 is 0. The van der Waals surface area contributed by atoms with Crippen LogP contribution >= 0.6 is 0 Å². The molecular formula is C15H22N2. The van der Waals surface area contributed by atoms with E-state index in [2.05, 4.69) is 42.0 Å². The van der Waals surface area contributed by atoms with Gasteiger partial charge in [-0.05, 0) is 43.9 Å². The van der Waals surface area contributed by atoms with Gasteiger partial charge in [-0.3, -0.25) is 0 Å². The topological polar surface area (TPSA) is 30.9 Å². The average Bonchev–Trinajstić information content (AvgIpc) is 2.70. The van der Waals surface area contributed by atoms with Gasteiger partial charge in [0.05, 0.1) is 0 Å². The lowest BCUT2D eigenvalue weighted by Gasteiger charge is -2.01. The van der Waals surface area contributed by atoms with Crippen molar-refractivity contribution in [2.24, 2.45) is 5.73 Å². The minimum atomic E-state index is 0.799. The van der Waals surface area contributed by atoms with E-state index in [1.165, 1.54) is 29.3 Å². The van der Waals surface area contributed by atoms with Crippen molar-refractivity contribution < 1.29 is 0 Å². The van der Waals surface area contributed by atoms with Crippen LogP contribution in [0, 0.1) is 0 Å². The number of hydrogen-bond donors (Lipinski definition) is 1. The summed E-state index contributed by atoms with van der Waals surface area (Å²) in [4.78, 5) is 0. The minimum absolute atomic E-state index is 0.799. The number of nitrogens with zero attached hydrogens (tertiary/aromatic N) is 1. The van der Waals surface area contributed by atoms with Crippen molar-refractivity contribution in [2.75, 3.05) is 6.54 Å². The van der Waals surface area contributed by atoms with Crippen LogP contribution in [0.1, 0.15) is 31.7 Å². The largest absolute Gasteiger partial charge is 0.347 e. The average molecular weight is 230 g/mol. The molecule has 0 aliphatic carbocycles. The van der Waals surface area contributed by atoms with Crippen LogP contribution in [0.25, 0.3) is 10.9 Å². The number of unbranched alkanes of at least 4 members (excludes halogenated alkanes) is 1. The summed E-state index contributed by atoms with van der Waals surface area (Å²) < 4.78 is 2.38. The van der Waals surface area contributed by atoms with Crippen LogP contribution in [-0.2, 0) is 13.0 Å². The standard InChI is InChI=1S/C15H22N2/c1-2-11-17-12-13(7-5-6-10-16)14-8-3-4-9-15(14)17/h3-4,8-9,12H,2,5-7,10-11,16H2,1H3. The molecule has 1 heterocycles. The quantitative estimate of drug-likeness (QED) is 0.758. The number of hydrogen-bond acceptors (Lipinski definition) is 1. The predicted molar refractivity (Wildman–Crippen MR) is 74.2 cm³/mol. The maximum Gasteiger partial charge on any atom is 0.0483 e. The third-order valence-electron chi connectivity index (χ3n) is 3.24. The maximum absolute atomic E-state index is 5.55. The fourth-order valence-electron chi connectivity index (χ4n) is 2.41. The normalized spacial score (nSPS) is 11.2. The third-order valence-corrected chi connectivity index (χ3v) is 3.24. The molecule has 2 N–H and O–H groups in total. The van der Waals surface area contributed by atoms with E-state index in [4.69, 9.17) is 5.73 Å². The van der Waals surface area contributed by atoms with Crippen LogP contribution in [0.5, 0.6) is 0 Å². The first kappa shape index (κ1) is 12.2. The molecule has 92 valence electrons. The van der Waals surface area contributed by atoms with Crippen LogP contribution in [-0.4, -0.2) is 11.1 Å². The highest BCUT2D eigenvalue weighted by Crippen LogP contribution is 2.23. The lowest BCUT2D eigenvalue weighted by atomic mass is 10.1. The van der Waals surface area contributed by atoms with Crippen molar-refractivity contribution in [3.63, 3.8) is 0 Å². The van der Waals surface area contributed by atoms with E-state index in [0.29, 0.717) is 0 Å². The number of fused-ring (bicyclic) bond motifs is 1. The Morgan fingerprint density at radius 1 is 1.18 bits per heavy atom. The predicted octanol–water partition coefficient (Wildman–Crippen LogP) is 3.33. The summed E-state index contributed by atoms with van der Waals surface area (Å²) in [5.41, 5.74) is 8.40. The molecule has 0 bridgehead atoms. The Morgan fingerprint density at radius 2 is 2.00 bits per heavy atom. The van der Waals surface area contributed by atoms with E-state index in [9.17, 15) is 0 Å². The number of benzene rings is 1. The number of aromatic nitrogens is 1. The molecule has 0 saturated carbocycles. The van der Waals surface area contributed by atoms with Gasteiger partial charge in [0.25, 0.3) is 0 Å². The number of aryl methyl sites for hydroxylation is 2. The Bertz CT molecular complexity index is 471. The van der Waals surface area contributed by atoms with Gasteiger partial charge in [-0.2, -0.15) is 0 Å². The molecule has 0 saturated heterocycles. The van der Waals surface area contributed by atoms with Gasteiger partial charge in [0, 0.05) is 23.6 Å². The third kappa shape index (κ3) is 2.70. The van der Waals surface area contributed by atoms with Gasteiger partial charge in [-0.1, -0.05) is 25.1 Å². The first-order valence-electron chi connectivity index (χ1n) is 6.63. The smallest absolute Gasteiger partial charge is 0.0483 e. The second kappa shape index (κ2) is 5.87. The summed E-state index contributed by atoms with van der Waals surface area (Å²) in [6.07, 6.45) is 6.96. The lowest BCUT2D eigenvalue weighted by Crippen LogP contribution is -1.98. The zero-order chi connectivity index (χ0) is 12.1. The van der Waals surface area contributed by atoms with Crippen molar-refractivity contribution >= 4 is 10.9 Å².